The van der Waals surface area contributed by atoms with Gasteiger partial charge >= 0.3 is 0 Å². The van der Waals surface area contributed by atoms with Crippen LogP contribution in [0, 0.1) is 0 Å². The van der Waals surface area contributed by atoms with Gasteiger partial charge in [0.1, 0.15) is 6.33 Å². The standard InChI is InChI=1S/C12H16N4OS2/c1-19(17)12-15-13-8-16(12)6-10-7-18-11(14-10)9-4-2-3-5-9/h7-9H,2-6H2,1H3. The van der Waals surface area contributed by atoms with Crippen LogP contribution in [0.1, 0.15) is 42.3 Å². The van der Waals surface area contributed by atoms with E-state index < -0.39 is 10.8 Å². The quantitative estimate of drug-likeness (QED) is 0.867. The van der Waals surface area contributed by atoms with E-state index in [1.165, 1.54) is 30.7 Å². The zero-order valence-electron chi connectivity index (χ0n) is 10.8. The zero-order chi connectivity index (χ0) is 13.2. The molecule has 0 spiro atoms. The summed E-state index contributed by atoms with van der Waals surface area (Å²) < 4.78 is 13.3. The summed E-state index contributed by atoms with van der Waals surface area (Å²) in [7, 11) is -1.11. The normalized spacial score (nSPS) is 17.9. The van der Waals surface area contributed by atoms with Crippen LogP contribution in [0.2, 0.25) is 0 Å². The molecular formula is C12H16N4OS2. The van der Waals surface area contributed by atoms with Crippen molar-refractivity contribution in [2.75, 3.05) is 6.26 Å². The Bertz CT molecular complexity index is 586. The molecule has 2 aromatic rings. The van der Waals surface area contributed by atoms with Crippen LogP contribution in [0.25, 0.3) is 0 Å². The molecule has 1 saturated carbocycles. The first-order chi connectivity index (χ1) is 9.24. The molecule has 102 valence electrons. The smallest absolute Gasteiger partial charge is 0.221 e. The van der Waals surface area contributed by atoms with Gasteiger partial charge in [-0.25, -0.2) is 4.98 Å². The molecule has 1 atom stereocenters. The van der Waals surface area contributed by atoms with Crippen molar-refractivity contribution in [3.05, 3.63) is 22.4 Å². The van der Waals surface area contributed by atoms with Crippen molar-refractivity contribution in [3.8, 4) is 0 Å². The number of aromatic nitrogens is 4. The molecule has 0 N–H and O–H groups in total. The van der Waals surface area contributed by atoms with Crippen molar-refractivity contribution in [1.82, 2.24) is 19.7 Å². The van der Waals surface area contributed by atoms with Crippen LogP contribution in [-0.4, -0.2) is 30.2 Å². The average molecular weight is 296 g/mol. The van der Waals surface area contributed by atoms with E-state index in [4.69, 9.17) is 4.98 Å². The summed E-state index contributed by atoms with van der Waals surface area (Å²) in [6, 6.07) is 0. The minimum absolute atomic E-state index is 0.510. The molecule has 1 fully saturated rings. The summed E-state index contributed by atoms with van der Waals surface area (Å²) in [6.07, 6.45) is 8.42. The summed E-state index contributed by atoms with van der Waals surface area (Å²) in [6.45, 7) is 0.602. The van der Waals surface area contributed by atoms with Crippen LogP contribution in [0.15, 0.2) is 16.9 Å². The second kappa shape index (κ2) is 5.50. The van der Waals surface area contributed by atoms with Crippen molar-refractivity contribution in [2.45, 2.75) is 43.3 Å². The number of nitrogens with zero attached hydrogens (tertiary/aromatic N) is 4. The lowest BCUT2D eigenvalue weighted by Crippen LogP contribution is -2.06. The summed E-state index contributed by atoms with van der Waals surface area (Å²) in [5.74, 6) is 0.652. The molecule has 0 saturated heterocycles. The van der Waals surface area contributed by atoms with E-state index in [1.54, 1.807) is 23.9 Å². The number of thiazole rings is 1. The minimum Gasteiger partial charge on any atom is -0.300 e. The molecule has 2 heterocycles. The summed E-state index contributed by atoms with van der Waals surface area (Å²) >= 11 is 1.74. The first kappa shape index (κ1) is 12.9. The van der Waals surface area contributed by atoms with Crippen LogP contribution < -0.4 is 0 Å². The first-order valence-corrected chi connectivity index (χ1v) is 8.83. The van der Waals surface area contributed by atoms with Gasteiger partial charge in [0.2, 0.25) is 5.16 Å². The highest BCUT2D eigenvalue weighted by Gasteiger charge is 2.20. The predicted molar refractivity (Wildman–Crippen MR) is 74.8 cm³/mol. The fraction of sp³-hybridized carbons (Fsp3) is 0.583. The first-order valence-electron chi connectivity index (χ1n) is 6.39. The molecule has 1 aliphatic rings. The van der Waals surface area contributed by atoms with Gasteiger partial charge in [-0.2, -0.15) is 0 Å². The Morgan fingerprint density at radius 1 is 1.47 bits per heavy atom. The lowest BCUT2D eigenvalue weighted by Gasteiger charge is -2.04. The van der Waals surface area contributed by atoms with E-state index in [0.29, 0.717) is 17.6 Å². The number of hydrogen-bond donors (Lipinski definition) is 0. The van der Waals surface area contributed by atoms with E-state index in [-0.39, 0.29) is 0 Å². The maximum absolute atomic E-state index is 11.5. The van der Waals surface area contributed by atoms with Gasteiger partial charge in [-0.1, -0.05) is 12.8 Å². The Balaban J connectivity index is 1.76. The molecule has 0 amide bonds. The largest absolute Gasteiger partial charge is 0.300 e. The van der Waals surface area contributed by atoms with E-state index >= 15 is 0 Å². The second-order valence-electron chi connectivity index (χ2n) is 4.85. The van der Waals surface area contributed by atoms with Crippen molar-refractivity contribution in [1.29, 1.82) is 0 Å². The van der Waals surface area contributed by atoms with Gasteiger partial charge in [0.05, 0.1) is 28.0 Å². The molecular weight excluding hydrogens is 280 g/mol. The van der Waals surface area contributed by atoms with E-state index in [0.717, 1.165) is 5.69 Å². The molecule has 0 aliphatic heterocycles. The third kappa shape index (κ3) is 2.76. The molecule has 1 unspecified atom stereocenters. The number of rotatable bonds is 4. The predicted octanol–water partition coefficient (Wildman–Crippen LogP) is 2.18. The average Bonchev–Trinajstić information content (AvgIpc) is 3.09. The van der Waals surface area contributed by atoms with Crippen molar-refractivity contribution in [3.63, 3.8) is 0 Å². The van der Waals surface area contributed by atoms with Gasteiger partial charge in [-0.3, -0.25) is 4.21 Å². The fourth-order valence-corrected chi connectivity index (χ4v) is 4.09. The van der Waals surface area contributed by atoms with Gasteiger partial charge in [-0.05, 0) is 12.8 Å². The Labute approximate surface area is 118 Å². The SMILES string of the molecule is CS(=O)c1nncn1Cc1csc(C2CCCC2)n1. The van der Waals surface area contributed by atoms with Crippen molar-refractivity contribution < 1.29 is 4.21 Å². The lowest BCUT2D eigenvalue weighted by molar-refractivity contribution is 0.646. The van der Waals surface area contributed by atoms with Crippen LogP contribution in [0.5, 0.6) is 0 Å². The molecule has 5 nitrogen and oxygen atoms in total. The molecule has 3 rings (SSSR count). The van der Waals surface area contributed by atoms with Crippen LogP contribution in [0.4, 0.5) is 0 Å². The number of hydrogen-bond acceptors (Lipinski definition) is 5. The molecule has 7 heteroatoms. The highest BCUT2D eigenvalue weighted by molar-refractivity contribution is 7.84. The van der Waals surface area contributed by atoms with E-state index in [9.17, 15) is 4.21 Å². The molecule has 19 heavy (non-hydrogen) atoms. The van der Waals surface area contributed by atoms with E-state index in [1.807, 2.05) is 4.57 Å². The Hall–Kier alpha value is -1.08. The highest BCUT2D eigenvalue weighted by Crippen LogP contribution is 2.35. The van der Waals surface area contributed by atoms with Crippen molar-refractivity contribution in [2.24, 2.45) is 0 Å². The maximum atomic E-state index is 11.5. The fourth-order valence-electron chi connectivity index (χ4n) is 2.51. The van der Waals surface area contributed by atoms with Gasteiger partial charge < -0.3 is 4.57 Å². The molecule has 1 aliphatic carbocycles. The van der Waals surface area contributed by atoms with Gasteiger partial charge in [0.25, 0.3) is 0 Å². The van der Waals surface area contributed by atoms with Gasteiger partial charge in [0.15, 0.2) is 0 Å². The highest BCUT2D eigenvalue weighted by atomic mass is 32.2. The Morgan fingerprint density at radius 3 is 3.00 bits per heavy atom. The van der Waals surface area contributed by atoms with Gasteiger partial charge in [0, 0.05) is 17.6 Å². The molecule has 0 aromatic carbocycles. The lowest BCUT2D eigenvalue weighted by atomic mass is 10.1. The third-order valence-electron chi connectivity index (χ3n) is 3.44. The molecule has 0 radical (unpaired) electrons. The van der Waals surface area contributed by atoms with Crippen molar-refractivity contribution >= 4 is 22.1 Å². The Kier molecular flexibility index (Phi) is 3.74. The zero-order valence-corrected chi connectivity index (χ0v) is 12.4. The molecule has 2 aromatic heterocycles. The van der Waals surface area contributed by atoms with Crippen LogP contribution in [0.3, 0.4) is 0 Å². The van der Waals surface area contributed by atoms with Gasteiger partial charge in [-0.15, -0.1) is 21.5 Å². The topological polar surface area (TPSA) is 60.7 Å². The summed E-state index contributed by atoms with van der Waals surface area (Å²) in [5.41, 5.74) is 1.01. The minimum atomic E-state index is -1.11. The maximum Gasteiger partial charge on any atom is 0.221 e. The van der Waals surface area contributed by atoms with Crippen LogP contribution >= 0.6 is 11.3 Å². The Morgan fingerprint density at radius 2 is 2.26 bits per heavy atom. The second-order valence-corrected chi connectivity index (χ2v) is 7.02. The summed E-state index contributed by atoms with van der Waals surface area (Å²) in [5, 5.41) is 11.6. The monoisotopic (exact) mass is 296 g/mol. The van der Waals surface area contributed by atoms with Crippen LogP contribution in [-0.2, 0) is 17.3 Å². The third-order valence-corrected chi connectivity index (χ3v) is 5.33. The summed E-state index contributed by atoms with van der Waals surface area (Å²) in [4.78, 5) is 4.71. The molecule has 0 bridgehead atoms. The van der Waals surface area contributed by atoms with E-state index in [2.05, 4.69) is 15.6 Å².